The van der Waals surface area contributed by atoms with Crippen LogP contribution in [0.1, 0.15) is 23.1 Å². The molecule has 0 saturated carbocycles. The van der Waals surface area contributed by atoms with E-state index in [0.29, 0.717) is 35.4 Å². The van der Waals surface area contributed by atoms with Crippen molar-refractivity contribution in [3.8, 4) is 11.5 Å². The summed E-state index contributed by atoms with van der Waals surface area (Å²) in [6.07, 6.45) is 1.60. The number of rotatable bonds is 10. The van der Waals surface area contributed by atoms with Crippen LogP contribution in [0.5, 0.6) is 11.5 Å². The van der Waals surface area contributed by atoms with Crippen molar-refractivity contribution in [2.24, 2.45) is 10.2 Å². The van der Waals surface area contributed by atoms with Crippen LogP contribution >= 0.6 is 11.8 Å². The molecule has 9 heteroatoms. The molecule has 0 aliphatic carbocycles. The lowest BCUT2D eigenvalue weighted by atomic mass is 10.2. The zero-order chi connectivity index (χ0) is 25.2. The average molecular weight is 503 g/mol. The van der Waals surface area contributed by atoms with Crippen molar-refractivity contribution in [2.45, 2.75) is 24.8 Å². The fourth-order valence-electron chi connectivity index (χ4n) is 3.40. The fourth-order valence-corrected chi connectivity index (χ4v) is 4.32. The zero-order valence-corrected chi connectivity index (χ0v) is 20.5. The van der Waals surface area contributed by atoms with E-state index in [4.69, 9.17) is 9.47 Å². The van der Waals surface area contributed by atoms with Gasteiger partial charge in [-0.3, -0.25) is 9.59 Å². The Kier molecular flexibility index (Phi) is 8.72. The minimum atomic E-state index is -0.551. The fraction of sp³-hybridized carbons (Fsp3) is 0.185. The highest BCUT2D eigenvalue weighted by atomic mass is 32.2. The van der Waals surface area contributed by atoms with Crippen molar-refractivity contribution >= 4 is 35.0 Å². The van der Waals surface area contributed by atoms with E-state index in [1.807, 2.05) is 72.8 Å². The highest BCUT2D eigenvalue weighted by molar-refractivity contribution is 8.15. The summed E-state index contributed by atoms with van der Waals surface area (Å²) in [7, 11) is 1.57. The van der Waals surface area contributed by atoms with Crippen LogP contribution in [0.2, 0.25) is 0 Å². The molecule has 3 aromatic carbocycles. The monoisotopic (exact) mass is 502 g/mol. The van der Waals surface area contributed by atoms with Gasteiger partial charge < -0.3 is 20.1 Å². The highest BCUT2D eigenvalue weighted by Gasteiger charge is 2.32. The van der Waals surface area contributed by atoms with E-state index in [1.165, 1.54) is 11.8 Å². The summed E-state index contributed by atoms with van der Waals surface area (Å²) in [5, 5.41) is 13.5. The molecule has 4 rings (SSSR count). The summed E-state index contributed by atoms with van der Waals surface area (Å²) in [5.74, 6) is 0.795. The first-order valence-corrected chi connectivity index (χ1v) is 12.2. The van der Waals surface area contributed by atoms with Gasteiger partial charge in [-0.2, -0.15) is 5.10 Å². The number of ether oxygens (including phenoxy) is 2. The third-order valence-electron chi connectivity index (χ3n) is 5.28. The van der Waals surface area contributed by atoms with Crippen LogP contribution in [0, 0.1) is 0 Å². The quantitative estimate of drug-likeness (QED) is 0.323. The second-order valence-corrected chi connectivity index (χ2v) is 9.08. The van der Waals surface area contributed by atoms with Gasteiger partial charge in [0.15, 0.2) is 5.17 Å². The maximum absolute atomic E-state index is 12.3. The zero-order valence-electron chi connectivity index (χ0n) is 19.7. The number of amides is 2. The minimum absolute atomic E-state index is 0.0599. The molecule has 8 nitrogen and oxygen atoms in total. The number of benzene rings is 3. The van der Waals surface area contributed by atoms with Crippen LogP contribution in [0.3, 0.4) is 0 Å². The Bertz CT molecular complexity index is 1250. The van der Waals surface area contributed by atoms with Crippen molar-refractivity contribution in [1.82, 2.24) is 10.6 Å². The molecule has 1 aliphatic rings. The molecule has 0 spiro atoms. The third kappa shape index (κ3) is 7.19. The molecular formula is C27H26N4O4S. The SMILES string of the molecule is COc1cc(OCc2ccccc2)ccc1/C=N/N=C1/NC(=O)C(CC(=O)NCc2ccccc2)S1. The standard InChI is InChI=1S/C27H26N4O4S/c1-34-23-14-22(35-18-20-10-6-3-7-11-20)13-12-21(23)17-29-31-27-30-26(33)24(36-27)15-25(32)28-16-19-8-4-2-5-9-19/h2-14,17,24H,15-16,18H2,1H3,(H,28,32)(H,30,31,33)/b29-17+. The lowest BCUT2D eigenvalue weighted by molar-refractivity contribution is -0.125. The first kappa shape index (κ1) is 25.0. The maximum atomic E-state index is 12.3. The molecule has 0 aromatic heterocycles. The van der Waals surface area contributed by atoms with Gasteiger partial charge in [0.1, 0.15) is 23.4 Å². The van der Waals surface area contributed by atoms with Gasteiger partial charge in [-0.25, -0.2) is 0 Å². The van der Waals surface area contributed by atoms with Crippen molar-refractivity contribution in [1.29, 1.82) is 0 Å². The van der Waals surface area contributed by atoms with Crippen LogP contribution in [-0.4, -0.2) is 35.6 Å². The second kappa shape index (κ2) is 12.6. The van der Waals surface area contributed by atoms with E-state index in [-0.39, 0.29) is 18.2 Å². The summed E-state index contributed by atoms with van der Waals surface area (Å²) in [4.78, 5) is 24.5. The summed E-state index contributed by atoms with van der Waals surface area (Å²) >= 11 is 1.18. The second-order valence-electron chi connectivity index (χ2n) is 7.89. The van der Waals surface area contributed by atoms with Gasteiger partial charge in [0.2, 0.25) is 11.8 Å². The molecule has 3 aromatic rings. The van der Waals surface area contributed by atoms with E-state index in [0.717, 1.165) is 11.1 Å². The number of hydrogen-bond donors (Lipinski definition) is 2. The number of carbonyl (C=O) groups is 2. The summed E-state index contributed by atoms with van der Waals surface area (Å²) in [6.45, 7) is 0.870. The molecule has 1 saturated heterocycles. The first-order chi connectivity index (χ1) is 17.6. The van der Waals surface area contributed by atoms with Gasteiger partial charge in [-0.15, -0.1) is 5.10 Å². The van der Waals surface area contributed by atoms with E-state index >= 15 is 0 Å². The van der Waals surface area contributed by atoms with Crippen LogP contribution in [-0.2, 0) is 22.7 Å². The van der Waals surface area contributed by atoms with Gasteiger partial charge in [0, 0.05) is 24.6 Å². The molecular weight excluding hydrogens is 476 g/mol. The Morgan fingerprint density at radius 1 is 1.06 bits per heavy atom. The predicted molar refractivity (Wildman–Crippen MR) is 141 cm³/mol. The van der Waals surface area contributed by atoms with E-state index < -0.39 is 5.25 Å². The average Bonchev–Trinajstić information content (AvgIpc) is 3.26. The summed E-state index contributed by atoms with van der Waals surface area (Å²) in [5.41, 5.74) is 2.78. The van der Waals surface area contributed by atoms with Crippen LogP contribution in [0.25, 0.3) is 0 Å². The number of thioether (sulfide) groups is 1. The van der Waals surface area contributed by atoms with Crippen LogP contribution in [0.15, 0.2) is 89.1 Å². The van der Waals surface area contributed by atoms with Gasteiger partial charge in [-0.1, -0.05) is 72.4 Å². The first-order valence-electron chi connectivity index (χ1n) is 11.3. The Hall–Kier alpha value is -4.11. The van der Waals surface area contributed by atoms with Crippen LogP contribution in [0.4, 0.5) is 0 Å². The predicted octanol–water partition coefficient (Wildman–Crippen LogP) is 3.90. The van der Waals surface area contributed by atoms with Crippen molar-refractivity contribution < 1.29 is 19.1 Å². The van der Waals surface area contributed by atoms with E-state index in [1.54, 1.807) is 19.4 Å². The van der Waals surface area contributed by atoms with Crippen LogP contribution < -0.4 is 20.1 Å². The molecule has 0 bridgehead atoms. The topological polar surface area (TPSA) is 101 Å². The number of carbonyl (C=O) groups excluding carboxylic acids is 2. The summed E-state index contributed by atoms with van der Waals surface area (Å²) in [6, 6.07) is 24.9. The molecule has 1 unspecified atom stereocenters. The lowest BCUT2D eigenvalue weighted by Gasteiger charge is -2.09. The highest BCUT2D eigenvalue weighted by Crippen LogP contribution is 2.25. The molecule has 184 valence electrons. The molecule has 1 atom stereocenters. The van der Waals surface area contributed by atoms with Crippen molar-refractivity contribution in [2.75, 3.05) is 7.11 Å². The largest absolute Gasteiger partial charge is 0.496 e. The number of hydrogen-bond acceptors (Lipinski definition) is 7. The van der Waals surface area contributed by atoms with Gasteiger partial charge in [0.25, 0.3) is 0 Å². The Labute approximate surface area is 213 Å². The molecule has 0 radical (unpaired) electrons. The number of nitrogens with one attached hydrogen (secondary N) is 2. The molecule has 2 N–H and O–H groups in total. The van der Waals surface area contributed by atoms with Gasteiger partial charge >= 0.3 is 0 Å². The number of amidine groups is 1. The smallest absolute Gasteiger partial charge is 0.240 e. The molecule has 36 heavy (non-hydrogen) atoms. The molecule has 1 fully saturated rings. The van der Waals surface area contributed by atoms with E-state index in [2.05, 4.69) is 20.8 Å². The van der Waals surface area contributed by atoms with Gasteiger partial charge in [0.05, 0.1) is 13.3 Å². The molecule has 1 heterocycles. The number of nitrogens with zero attached hydrogens (tertiary/aromatic N) is 2. The number of methoxy groups -OCH3 is 1. The molecule has 1 aliphatic heterocycles. The molecule has 2 amide bonds. The van der Waals surface area contributed by atoms with Crippen molar-refractivity contribution in [3.63, 3.8) is 0 Å². The Morgan fingerprint density at radius 2 is 1.78 bits per heavy atom. The maximum Gasteiger partial charge on any atom is 0.240 e. The van der Waals surface area contributed by atoms with E-state index in [9.17, 15) is 9.59 Å². The normalized spacial score (nSPS) is 16.2. The Morgan fingerprint density at radius 3 is 2.50 bits per heavy atom. The summed E-state index contributed by atoms with van der Waals surface area (Å²) < 4.78 is 11.3. The van der Waals surface area contributed by atoms with Crippen molar-refractivity contribution in [3.05, 3.63) is 95.6 Å². The minimum Gasteiger partial charge on any atom is -0.496 e. The Balaban J connectivity index is 1.29. The van der Waals surface area contributed by atoms with Gasteiger partial charge in [-0.05, 0) is 23.3 Å². The lowest BCUT2D eigenvalue weighted by Crippen LogP contribution is -2.31. The third-order valence-corrected chi connectivity index (χ3v) is 6.35.